The van der Waals surface area contributed by atoms with Crippen LogP contribution in [0, 0.1) is 0 Å². The number of aromatic nitrogens is 1. The Labute approximate surface area is 146 Å². The number of halogens is 1. The van der Waals surface area contributed by atoms with Gasteiger partial charge in [-0.15, -0.1) is 0 Å². The molecule has 5 nitrogen and oxygen atoms in total. The van der Waals surface area contributed by atoms with Gasteiger partial charge < -0.3 is 4.90 Å². The van der Waals surface area contributed by atoms with Crippen LogP contribution in [0.25, 0.3) is 0 Å². The van der Waals surface area contributed by atoms with Gasteiger partial charge in [-0.2, -0.15) is 0 Å². The van der Waals surface area contributed by atoms with Crippen molar-refractivity contribution in [2.24, 2.45) is 0 Å². The number of fused-ring (bicyclic) bond motifs is 1. The number of hydrogen-bond acceptors (Lipinski definition) is 4. The fourth-order valence-corrected chi connectivity index (χ4v) is 4.58. The number of rotatable bonds is 3. The average Bonchev–Trinajstić information content (AvgIpc) is 2.60. The van der Waals surface area contributed by atoms with Crippen molar-refractivity contribution in [3.05, 3.63) is 53.2 Å². The molecule has 1 aromatic carbocycles. The van der Waals surface area contributed by atoms with Crippen LogP contribution in [0.5, 0.6) is 0 Å². The van der Waals surface area contributed by atoms with Gasteiger partial charge in [-0.1, -0.05) is 29.8 Å². The molecule has 1 aromatic heterocycles. The van der Waals surface area contributed by atoms with E-state index in [4.69, 9.17) is 11.6 Å². The summed E-state index contributed by atoms with van der Waals surface area (Å²) >= 11 is 5.96. The van der Waals surface area contributed by atoms with Gasteiger partial charge in [-0.05, 0) is 43.5 Å². The zero-order valence-electron chi connectivity index (χ0n) is 13.1. The summed E-state index contributed by atoms with van der Waals surface area (Å²) in [5, 5.41) is -1.48. The molecule has 2 aromatic rings. The lowest BCUT2D eigenvalue weighted by molar-refractivity contribution is -0.118. The summed E-state index contributed by atoms with van der Waals surface area (Å²) in [4.78, 5) is 18.3. The van der Waals surface area contributed by atoms with Gasteiger partial charge in [0.15, 0.2) is 5.03 Å². The molecule has 24 heavy (non-hydrogen) atoms. The van der Waals surface area contributed by atoms with Gasteiger partial charge in [-0.25, -0.2) is 13.4 Å². The van der Waals surface area contributed by atoms with Crippen LogP contribution < -0.4 is 4.90 Å². The van der Waals surface area contributed by atoms with E-state index in [2.05, 4.69) is 4.98 Å². The molecule has 0 aliphatic carbocycles. The molecule has 0 N–H and O–H groups in total. The van der Waals surface area contributed by atoms with Crippen molar-refractivity contribution in [2.45, 2.75) is 30.0 Å². The maximum Gasteiger partial charge on any atom is 0.245 e. The minimum Gasteiger partial charge on any atom is -0.311 e. The lowest BCUT2D eigenvalue weighted by Crippen LogP contribution is -2.44. The molecule has 7 heteroatoms. The van der Waals surface area contributed by atoms with E-state index in [0.717, 1.165) is 24.1 Å². The number of benzene rings is 1. The number of sulfone groups is 1. The molecule has 1 unspecified atom stereocenters. The monoisotopic (exact) mass is 364 g/mol. The Hall–Kier alpha value is -1.92. The molecule has 1 aliphatic rings. The summed E-state index contributed by atoms with van der Waals surface area (Å²) in [5.74, 6) is -0.455. The van der Waals surface area contributed by atoms with Crippen LogP contribution in [0.15, 0.2) is 47.6 Å². The van der Waals surface area contributed by atoms with Crippen LogP contribution in [-0.4, -0.2) is 31.1 Å². The summed E-state index contributed by atoms with van der Waals surface area (Å²) in [6.07, 6.45) is 3.04. The quantitative estimate of drug-likeness (QED) is 0.839. The van der Waals surface area contributed by atoms with Crippen LogP contribution >= 0.6 is 11.6 Å². The average molecular weight is 365 g/mol. The van der Waals surface area contributed by atoms with Crippen molar-refractivity contribution in [2.75, 3.05) is 11.4 Å². The Morgan fingerprint density at radius 3 is 2.75 bits per heavy atom. The van der Waals surface area contributed by atoms with E-state index < -0.39 is 21.0 Å². The topological polar surface area (TPSA) is 67.3 Å². The van der Waals surface area contributed by atoms with Crippen molar-refractivity contribution in [1.82, 2.24) is 4.98 Å². The predicted octanol–water partition coefficient (Wildman–Crippen LogP) is 2.88. The van der Waals surface area contributed by atoms with Crippen LogP contribution in [-0.2, 0) is 21.1 Å². The summed E-state index contributed by atoms with van der Waals surface area (Å²) in [5.41, 5.74) is 1.83. The lowest BCUT2D eigenvalue weighted by atomic mass is 10.0. The number of amides is 1. The number of carbonyl (C=O) groups excluding carboxylic acids is 1. The predicted molar refractivity (Wildman–Crippen MR) is 93.0 cm³/mol. The number of nitrogens with zero attached hydrogens (tertiary/aromatic N) is 2. The Kier molecular flexibility index (Phi) is 4.60. The first kappa shape index (κ1) is 16.9. The Balaban J connectivity index is 1.95. The third-order valence-corrected chi connectivity index (χ3v) is 6.60. The van der Waals surface area contributed by atoms with Crippen LogP contribution in [0.2, 0.25) is 5.02 Å². The maximum absolute atomic E-state index is 12.9. The van der Waals surface area contributed by atoms with E-state index in [0.29, 0.717) is 6.54 Å². The summed E-state index contributed by atoms with van der Waals surface area (Å²) < 4.78 is 25.5. The van der Waals surface area contributed by atoms with Gasteiger partial charge >= 0.3 is 0 Å². The van der Waals surface area contributed by atoms with E-state index >= 15 is 0 Å². The molecular weight excluding hydrogens is 348 g/mol. The molecular formula is C17H17ClN2O3S. The molecule has 0 fully saturated rings. The Morgan fingerprint density at radius 2 is 2.00 bits per heavy atom. The minimum atomic E-state index is -3.96. The second-order valence-corrected chi connectivity index (χ2v) is 8.29. The molecule has 1 amide bonds. The molecule has 1 atom stereocenters. The van der Waals surface area contributed by atoms with Gasteiger partial charge in [0.05, 0.1) is 5.02 Å². The normalized spacial score (nSPS) is 15.7. The highest BCUT2D eigenvalue weighted by Crippen LogP contribution is 2.29. The third-order valence-electron chi connectivity index (χ3n) is 4.18. The van der Waals surface area contributed by atoms with E-state index in [9.17, 15) is 13.2 Å². The van der Waals surface area contributed by atoms with Gasteiger partial charge in [-0.3, -0.25) is 4.79 Å². The maximum atomic E-state index is 12.9. The Morgan fingerprint density at radius 1 is 1.25 bits per heavy atom. The highest BCUT2D eigenvalue weighted by Gasteiger charge is 2.36. The molecule has 0 saturated heterocycles. The zero-order chi connectivity index (χ0) is 17.3. The van der Waals surface area contributed by atoms with Crippen molar-refractivity contribution in [3.63, 3.8) is 0 Å². The highest BCUT2D eigenvalue weighted by molar-refractivity contribution is 7.92. The van der Waals surface area contributed by atoms with E-state index in [-0.39, 0.29) is 10.0 Å². The number of para-hydroxylation sites is 1. The molecule has 0 saturated carbocycles. The van der Waals surface area contributed by atoms with Crippen molar-refractivity contribution >= 4 is 33.0 Å². The molecule has 0 radical (unpaired) electrons. The van der Waals surface area contributed by atoms with Gasteiger partial charge in [0.2, 0.25) is 15.7 Å². The molecule has 0 bridgehead atoms. The van der Waals surface area contributed by atoms with Crippen molar-refractivity contribution in [1.29, 1.82) is 0 Å². The van der Waals surface area contributed by atoms with Crippen molar-refractivity contribution < 1.29 is 13.2 Å². The number of hydrogen-bond donors (Lipinski definition) is 0. The number of anilines is 1. The second kappa shape index (κ2) is 6.53. The number of aryl methyl sites for hydroxylation is 1. The molecule has 3 rings (SSSR count). The largest absolute Gasteiger partial charge is 0.311 e. The minimum absolute atomic E-state index is 0.0243. The number of carbonyl (C=O) groups is 1. The van der Waals surface area contributed by atoms with Crippen LogP contribution in [0.1, 0.15) is 18.9 Å². The molecule has 0 spiro atoms. The van der Waals surface area contributed by atoms with Gasteiger partial charge in [0.1, 0.15) is 5.25 Å². The van der Waals surface area contributed by atoms with E-state index in [1.165, 1.54) is 19.2 Å². The van der Waals surface area contributed by atoms with Crippen LogP contribution in [0.3, 0.4) is 0 Å². The van der Waals surface area contributed by atoms with E-state index in [1.54, 1.807) is 11.0 Å². The fraction of sp³-hybridized carbons (Fsp3) is 0.294. The third kappa shape index (κ3) is 2.91. The first-order chi connectivity index (χ1) is 11.4. The first-order valence-corrected chi connectivity index (χ1v) is 9.59. The lowest BCUT2D eigenvalue weighted by Gasteiger charge is -2.31. The molecule has 126 valence electrons. The fourth-order valence-electron chi connectivity index (χ4n) is 2.86. The second-order valence-electron chi connectivity index (χ2n) is 5.70. The SMILES string of the molecule is CC(C(=O)N1CCCc2ccccc21)S(=O)(=O)c1ncccc1Cl. The molecule has 1 aliphatic heterocycles. The Bertz CT molecular complexity index is 883. The smallest absolute Gasteiger partial charge is 0.245 e. The van der Waals surface area contributed by atoms with Gasteiger partial charge in [0.25, 0.3) is 0 Å². The standard InChI is InChI=1S/C17H17ClN2O3S/c1-12(24(22,23)16-14(18)8-4-10-19-16)17(21)20-11-5-7-13-6-2-3-9-15(13)20/h2-4,6,8-10,12H,5,7,11H2,1H3. The van der Waals surface area contributed by atoms with E-state index in [1.807, 2.05) is 24.3 Å². The summed E-state index contributed by atoms with van der Waals surface area (Å²) in [6.45, 7) is 1.89. The summed E-state index contributed by atoms with van der Waals surface area (Å²) in [7, 11) is -3.96. The first-order valence-electron chi connectivity index (χ1n) is 7.66. The van der Waals surface area contributed by atoms with Crippen LogP contribution in [0.4, 0.5) is 5.69 Å². The zero-order valence-corrected chi connectivity index (χ0v) is 14.7. The molecule has 2 heterocycles. The van der Waals surface area contributed by atoms with Crippen molar-refractivity contribution in [3.8, 4) is 0 Å². The highest BCUT2D eigenvalue weighted by atomic mass is 35.5. The summed E-state index contributed by atoms with van der Waals surface area (Å²) in [6, 6.07) is 10.6. The van der Waals surface area contributed by atoms with Gasteiger partial charge in [0, 0.05) is 18.4 Å². The number of pyridine rings is 1.